The minimum absolute atomic E-state index is 0.133. The number of rotatable bonds is 3. The topological polar surface area (TPSA) is 32.3 Å². The van der Waals surface area contributed by atoms with Crippen LogP contribution in [0.25, 0.3) is 0 Å². The van der Waals surface area contributed by atoms with Gasteiger partial charge in [0.05, 0.1) is 5.88 Å². The van der Waals surface area contributed by atoms with Crippen molar-refractivity contribution >= 4 is 35.1 Å². The van der Waals surface area contributed by atoms with E-state index in [-0.39, 0.29) is 6.03 Å². The molecule has 1 aromatic rings. The number of hydrogen-bond donors (Lipinski definition) is 1. The van der Waals surface area contributed by atoms with Crippen molar-refractivity contribution in [1.82, 2.24) is 5.32 Å². The maximum Gasteiger partial charge on any atom is 0.322 e. The number of halogens is 1. The van der Waals surface area contributed by atoms with Crippen LogP contribution < -0.4 is 10.2 Å². The predicted octanol–water partition coefficient (Wildman–Crippen LogP) is 2.81. The molecule has 0 aliphatic rings. The quantitative estimate of drug-likeness (QED) is 0.830. The number of benzene rings is 1. The largest absolute Gasteiger partial charge is 0.341 e. The van der Waals surface area contributed by atoms with Gasteiger partial charge in [-0.2, -0.15) is 0 Å². The van der Waals surface area contributed by atoms with E-state index in [2.05, 4.69) is 5.32 Å². The highest BCUT2D eigenvalue weighted by Crippen LogP contribution is 2.20. The Kier molecular flexibility index (Phi) is 4.78. The molecule has 15 heavy (non-hydrogen) atoms. The average Bonchev–Trinajstić information content (AvgIpc) is 2.25. The molecule has 1 N–H and O–H groups in total. The second-order valence-corrected chi connectivity index (χ2v) is 4.15. The molecule has 0 unspecified atom stereocenters. The van der Waals surface area contributed by atoms with E-state index in [1.165, 1.54) is 0 Å². The number of urea groups is 1. The van der Waals surface area contributed by atoms with E-state index >= 15 is 0 Å². The van der Waals surface area contributed by atoms with Gasteiger partial charge in [0.1, 0.15) is 0 Å². The van der Waals surface area contributed by atoms with Crippen LogP contribution in [0.4, 0.5) is 10.5 Å². The zero-order chi connectivity index (χ0) is 11.3. The molecule has 0 spiro atoms. The summed E-state index contributed by atoms with van der Waals surface area (Å²) in [6, 6.07) is 7.11. The number of carbonyl (C=O) groups excluding carboxylic acids is 1. The van der Waals surface area contributed by atoms with Crippen molar-refractivity contribution in [2.45, 2.75) is 0 Å². The van der Waals surface area contributed by atoms with Gasteiger partial charge in [-0.05, 0) is 24.5 Å². The maximum atomic E-state index is 11.6. The number of amides is 2. The maximum absolute atomic E-state index is 11.6. The lowest BCUT2D eigenvalue weighted by Crippen LogP contribution is -2.37. The number of hydrogen-bond acceptors (Lipinski definition) is 2. The Morgan fingerprint density at radius 1 is 1.60 bits per heavy atom. The summed E-state index contributed by atoms with van der Waals surface area (Å²) in [6.45, 7) is 0. The Hall–Kier alpha value is -0.870. The molecule has 5 heteroatoms. The van der Waals surface area contributed by atoms with E-state index in [1.807, 2.05) is 18.4 Å². The fourth-order valence-corrected chi connectivity index (χ4v) is 1.87. The lowest BCUT2D eigenvalue weighted by Gasteiger charge is -2.21. The summed E-state index contributed by atoms with van der Waals surface area (Å²) in [5.41, 5.74) is 0.802. The smallest absolute Gasteiger partial charge is 0.322 e. The molecule has 1 rings (SSSR count). The summed E-state index contributed by atoms with van der Waals surface area (Å²) in [6.07, 6.45) is 1.94. The van der Waals surface area contributed by atoms with Gasteiger partial charge in [-0.3, -0.25) is 4.90 Å². The fraction of sp³-hybridized carbons (Fsp3) is 0.300. The Bertz CT molecular complexity index is 346. The third-order valence-electron chi connectivity index (χ3n) is 1.84. The minimum atomic E-state index is -0.133. The van der Waals surface area contributed by atoms with Gasteiger partial charge in [0.25, 0.3) is 0 Å². The van der Waals surface area contributed by atoms with Crippen LogP contribution >= 0.6 is 23.4 Å². The molecule has 0 aromatic heterocycles. The molecular weight excluding hydrogens is 232 g/mol. The molecule has 0 saturated heterocycles. The monoisotopic (exact) mass is 244 g/mol. The molecule has 82 valence electrons. The highest BCUT2D eigenvalue weighted by Gasteiger charge is 2.13. The van der Waals surface area contributed by atoms with Crippen LogP contribution in [0.1, 0.15) is 0 Å². The van der Waals surface area contributed by atoms with Crippen molar-refractivity contribution in [3.8, 4) is 0 Å². The zero-order valence-electron chi connectivity index (χ0n) is 8.66. The highest BCUT2D eigenvalue weighted by atomic mass is 35.5. The van der Waals surface area contributed by atoms with Crippen molar-refractivity contribution in [3.05, 3.63) is 29.3 Å². The number of anilines is 1. The van der Waals surface area contributed by atoms with Crippen LogP contribution in [-0.4, -0.2) is 25.2 Å². The van der Waals surface area contributed by atoms with Crippen molar-refractivity contribution in [2.24, 2.45) is 0 Å². The van der Waals surface area contributed by atoms with Crippen LogP contribution in [-0.2, 0) is 0 Å². The molecule has 2 amide bonds. The summed E-state index contributed by atoms with van der Waals surface area (Å²) < 4.78 is 0. The third-order valence-corrected chi connectivity index (χ3v) is 2.59. The van der Waals surface area contributed by atoms with Crippen molar-refractivity contribution in [1.29, 1.82) is 0 Å². The molecule has 0 fully saturated rings. The van der Waals surface area contributed by atoms with Crippen molar-refractivity contribution in [3.63, 3.8) is 0 Å². The molecule has 0 heterocycles. The number of nitrogens with one attached hydrogen (secondary N) is 1. The molecule has 0 radical (unpaired) electrons. The second kappa shape index (κ2) is 5.88. The van der Waals surface area contributed by atoms with Crippen LogP contribution in [0, 0.1) is 0 Å². The standard InChI is InChI=1S/C10H13ClN2OS/c1-12-10(14)13(7-15-2)9-5-3-4-8(11)6-9/h3-6H,7H2,1-2H3,(H,12,14). The summed E-state index contributed by atoms with van der Waals surface area (Å²) in [7, 11) is 1.61. The van der Waals surface area contributed by atoms with E-state index < -0.39 is 0 Å². The van der Waals surface area contributed by atoms with Gasteiger partial charge in [0.15, 0.2) is 0 Å². The van der Waals surface area contributed by atoms with Gasteiger partial charge < -0.3 is 5.32 Å². The molecule has 0 aliphatic heterocycles. The van der Waals surface area contributed by atoms with Gasteiger partial charge in [-0.1, -0.05) is 17.7 Å². The van der Waals surface area contributed by atoms with Crippen LogP contribution in [0.15, 0.2) is 24.3 Å². The van der Waals surface area contributed by atoms with Crippen LogP contribution in [0.3, 0.4) is 0 Å². The lowest BCUT2D eigenvalue weighted by molar-refractivity contribution is 0.249. The highest BCUT2D eigenvalue weighted by molar-refractivity contribution is 7.98. The second-order valence-electron chi connectivity index (χ2n) is 2.88. The first kappa shape index (κ1) is 12.2. The van der Waals surface area contributed by atoms with Gasteiger partial charge in [-0.25, -0.2) is 4.79 Å². The van der Waals surface area contributed by atoms with Gasteiger partial charge in [0, 0.05) is 17.8 Å². The fourth-order valence-electron chi connectivity index (χ4n) is 1.16. The predicted molar refractivity (Wildman–Crippen MR) is 66.8 cm³/mol. The SMILES string of the molecule is CNC(=O)N(CSC)c1cccc(Cl)c1. The first-order valence-corrected chi connectivity index (χ1v) is 6.20. The molecule has 3 nitrogen and oxygen atoms in total. The molecule has 0 aliphatic carbocycles. The van der Waals surface area contributed by atoms with E-state index in [9.17, 15) is 4.79 Å². The Balaban J connectivity index is 2.93. The Morgan fingerprint density at radius 2 is 2.33 bits per heavy atom. The van der Waals surface area contributed by atoms with Gasteiger partial charge >= 0.3 is 6.03 Å². The summed E-state index contributed by atoms with van der Waals surface area (Å²) >= 11 is 7.45. The molecule has 0 saturated carbocycles. The molecule has 0 atom stereocenters. The Labute approximate surface area is 98.8 Å². The van der Waals surface area contributed by atoms with Gasteiger partial charge in [-0.15, -0.1) is 11.8 Å². The van der Waals surface area contributed by atoms with Crippen molar-refractivity contribution < 1.29 is 4.79 Å². The first-order chi connectivity index (χ1) is 7.19. The number of carbonyl (C=O) groups is 1. The Morgan fingerprint density at radius 3 is 2.87 bits per heavy atom. The summed E-state index contributed by atoms with van der Waals surface area (Å²) in [5, 5.41) is 3.23. The van der Waals surface area contributed by atoms with E-state index in [0.717, 1.165) is 5.69 Å². The van der Waals surface area contributed by atoms with E-state index in [1.54, 1.807) is 35.8 Å². The van der Waals surface area contributed by atoms with Crippen molar-refractivity contribution in [2.75, 3.05) is 24.1 Å². The molecular formula is C10H13ClN2OS. The summed E-state index contributed by atoms with van der Waals surface area (Å²) in [4.78, 5) is 13.2. The third kappa shape index (κ3) is 3.32. The van der Waals surface area contributed by atoms with Gasteiger partial charge in [0.2, 0.25) is 0 Å². The van der Waals surface area contributed by atoms with E-state index in [0.29, 0.717) is 10.9 Å². The van der Waals surface area contributed by atoms with Crippen LogP contribution in [0.5, 0.6) is 0 Å². The number of nitrogens with zero attached hydrogens (tertiary/aromatic N) is 1. The molecule has 0 bridgehead atoms. The first-order valence-electron chi connectivity index (χ1n) is 4.42. The van der Waals surface area contributed by atoms with E-state index in [4.69, 9.17) is 11.6 Å². The van der Waals surface area contributed by atoms with Crippen LogP contribution in [0.2, 0.25) is 5.02 Å². The minimum Gasteiger partial charge on any atom is -0.341 e. The lowest BCUT2D eigenvalue weighted by atomic mass is 10.3. The zero-order valence-corrected chi connectivity index (χ0v) is 10.2. The number of thioether (sulfide) groups is 1. The normalized spacial score (nSPS) is 9.80. The average molecular weight is 245 g/mol. The summed E-state index contributed by atoms with van der Waals surface area (Å²) in [5.74, 6) is 0.597. The molecule has 1 aromatic carbocycles.